The molecule has 26 heavy (non-hydrogen) atoms. The van der Waals surface area contributed by atoms with Crippen molar-refractivity contribution >= 4 is 17.3 Å². The van der Waals surface area contributed by atoms with Gasteiger partial charge in [-0.1, -0.05) is 48.5 Å². The number of pyridine rings is 1. The van der Waals surface area contributed by atoms with Crippen LogP contribution >= 0.6 is 0 Å². The second kappa shape index (κ2) is 8.30. The van der Waals surface area contributed by atoms with Gasteiger partial charge in [0.1, 0.15) is 5.69 Å². The minimum Gasteiger partial charge on any atom is -0.355 e. The molecule has 3 rings (SSSR count). The van der Waals surface area contributed by atoms with Crippen molar-refractivity contribution in [3.05, 3.63) is 89.7 Å². The molecule has 0 fully saturated rings. The summed E-state index contributed by atoms with van der Waals surface area (Å²) in [6.07, 6.45) is 1.67. The summed E-state index contributed by atoms with van der Waals surface area (Å²) in [5.74, 6) is -0.0650. The monoisotopic (exact) mass is 345 g/mol. The minimum absolute atomic E-state index is 0.0650. The lowest BCUT2D eigenvalue weighted by atomic mass is 10.2. The zero-order valence-corrected chi connectivity index (χ0v) is 15.1. The number of nitrogens with one attached hydrogen (secondary N) is 1. The van der Waals surface area contributed by atoms with E-state index >= 15 is 0 Å². The third-order valence-corrected chi connectivity index (χ3v) is 4.29. The second-order valence-corrected chi connectivity index (χ2v) is 6.17. The number of hydrogen-bond acceptors (Lipinski definition) is 3. The van der Waals surface area contributed by atoms with Crippen molar-refractivity contribution in [1.82, 2.24) is 9.88 Å². The molecule has 1 aromatic heterocycles. The molecule has 4 nitrogen and oxygen atoms in total. The Kier molecular flexibility index (Phi) is 5.64. The molecule has 0 aliphatic rings. The summed E-state index contributed by atoms with van der Waals surface area (Å²) in [5.41, 5.74) is 4.58. The number of benzene rings is 2. The van der Waals surface area contributed by atoms with Gasteiger partial charge in [-0.3, -0.25) is 9.78 Å². The lowest BCUT2D eigenvalue weighted by Gasteiger charge is -2.21. The topological polar surface area (TPSA) is 45.2 Å². The van der Waals surface area contributed by atoms with Gasteiger partial charge >= 0.3 is 0 Å². The molecule has 0 radical (unpaired) electrons. The number of aryl methyl sites for hydroxylation is 1. The fourth-order valence-electron chi connectivity index (χ4n) is 2.79. The third-order valence-electron chi connectivity index (χ3n) is 4.29. The van der Waals surface area contributed by atoms with Gasteiger partial charge < -0.3 is 10.2 Å². The van der Waals surface area contributed by atoms with Crippen molar-refractivity contribution in [2.75, 3.05) is 11.9 Å². The van der Waals surface area contributed by atoms with E-state index in [1.807, 2.05) is 80.6 Å². The normalized spacial score (nSPS) is 10.4. The highest BCUT2D eigenvalue weighted by Gasteiger charge is 2.16. The molecule has 0 saturated carbocycles. The van der Waals surface area contributed by atoms with Crippen LogP contribution in [0.1, 0.15) is 28.5 Å². The molecule has 0 bridgehead atoms. The van der Waals surface area contributed by atoms with Crippen LogP contribution in [0.15, 0.2) is 72.9 Å². The van der Waals surface area contributed by atoms with Crippen molar-refractivity contribution in [1.29, 1.82) is 0 Å². The average Bonchev–Trinajstić information content (AvgIpc) is 2.68. The molecule has 4 heteroatoms. The first-order valence-corrected chi connectivity index (χ1v) is 8.79. The van der Waals surface area contributed by atoms with Crippen LogP contribution in [0.25, 0.3) is 0 Å². The molecule has 0 aliphatic heterocycles. The van der Waals surface area contributed by atoms with Crippen molar-refractivity contribution in [2.24, 2.45) is 0 Å². The highest BCUT2D eigenvalue weighted by molar-refractivity contribution is 5.93. The minimum atomic E-state index is -0.0650. The van der Waals surface area contributed by atoms with E-state index in [1.54, 1.807) is 11.1 Å². The molecule has 3 aromatic rings. The number of rotatable bonds is 6. The molecule has 1 heterocycles. The maximum absolute atomic E-state index is 12.9. The molecule has 1 N–H and O–H groups in total. The number of carbonyl (C=O) groups excluding carboxylic acids is 1. The predicted molar refractivity (Wildman–Crippen MR) is 106 cm³/mol. The number of anilines is 2. The van der Waals surface area contributed by atoms with E-state index in [1.165, 1.54) is 0 Å². The lowest BCUT2D eigenvalue weighted by Crippen LogP contribution is -2.31. The van der Waals surface area contributed by atoms with Crippen LogP contribution in [-0.2, 0) is 6.54 Å². The first-order chi connectivity index (χ1) is 12.7. The van der Waals surface area contributed by atoms with E-state index < -0.39 is 0 Å². The fraction of sp³-hybridized carbons (Fsp3) is 0.182. The molecule has 0 saturated heterocycles. The van der Waals surface area contributed by atoms with Crippen LogP contribution in [0.4, 0.5) is 11.4 Å². The maximum Gasteiger partial charge on any atom is 0.272 e. The second-order valence-electron chi connectivity index (χ2n) is 6.17. The summed E-state index contributed by atoms with van der Waals surface area (Å²) < 4.78 is 0. The SMILES string of the molecule is CCN(Cc1ccccc1)C(=O)c1cc(Nc2ccccc2C)ccn1. The molecule has 2 aromatic carbocycles. The van der Waals surface area contributed by atoms with Crippen LogP contribution in [0, 0.1) is 6.92 Å². The third kappa shape index (κ3) is 4.28. The van der Waals surface area contributed by atoms with Crippen molar-refractivity contribution < 1.29 is 4.79 Å². The Bertz CT molecular complexity index is 877. The number of aromatic nitrogens is 1. The van der Waals surface area contributed by atoms with E-state index in [4.69, 9.17) is 0 Å². The van der Waals surface area contributed by atoms with Gasteiger partial charge in [0.05, 0.1) is 0 Å². The Morgan fingerprint density at radius 1 is 1.04 bits per heavy atom. The van der Waals surface area contributed by atoms with Gasteiger partial charge in [0.2, 0.25) is 0 Å². The Balaban J connectivity index is 1.77. The first-order valence-electron chi connectivity index (χ1n) is 8.79. The Hall–Kier alpha value is -3.14. The molecule has 0 unspecified atom stereocenters. The number of para-hydroxylation sites is 1. The predicted octanol–water partition coefficient (Wildman–Crippen LogP) is 4.80. The molecule has 0 spiro atoms. The van der Waals surface area contributed by atoms with Crippen LogP contribution in [0.5, 0.6) is 0 Å². The fourth-order valence-corrected chi connectivity index (χ4v) is 2.79. The Morgan fingerprint density at radius 3 is 2.50 bits per heavy atom. The van der Waals surface area contributed by atoms with Gasteiger partial charge in [-0.2, -0.15) is 0 Å². The van der Waals surface area contributed by atoms with Crippen LogP contribution in [0.3, 0.4) is 0 Å². The lowest BCUT2D eigenvalue weighted by molar-refractivity contribution is 0.0746. The number of hydrogen-bond donors (Lipinski definition) is 1. The van der Waals surface area contributed by atoms with E-state index in [-0.39, 0.29) is 5.91 Å². The molecular formula is C22H23N3O. The molecule has 0 aliphatic carbocycles. The van der Waals surface area contributed by atoms with Crippen LogP contribution in [-0.4, -0.2) is 22.3 Å². The highest BCUT2D eigenvalue weighted by Crippen LogP contribution is 2.20. The van der Waals surface area contributed by atoms with Crippen LogP contribution in [0.2, 0.25) is 0 Å². The molecular weight excluding hydrogens is 322 g/mol. The van der Waals surface area contributed by atoms with E-state index in [0.717, 1.165) is 22.5 Å². The summed E-state index contributed by atoms with van der Waals surface area (Å²) in [4.78, 5) is 19.0. The number of carbonyl (C=O) groups is 1. The zero-order valence-electron chi connectivity index (χ0n) is 15.1. The first kappa shape index (κ1) is 17.7. The Labute approximate surface area is 154 Å². The van der Waals surface area contributed by atoms with Gasteiger partial charge in [0, 0.05) is 30.7 Å². The smallest absolute Gasteiger partial charge is 0.272 e. The average molecular weight is 345 g/mol. The summed E-state index contributed by atoms with van der Waals surface area (Å²) in [6, 6.07) is 21.7. The molecule has 0 atom stereocenters. The largest absolute Gasteiger partial charge is 0.355 e. The molecule has 1 amide bonds. The number of amides is 1. The summed E-state index contributed by atoms with van der Waals surface area (Å²) in [7, 11) is 0. The van der Waals surface area contributed by atoms with Gasteiger partial charge in [-0.05, 0) is 43.2 Å². The van der Waals surface area contributed by atoms with Crippen molar-refractivity contribution in [3.8, 4) is 0 Å². The van der Waals surface area contributed by atoms with Crippen molar-refractivity contribution in [3.63, 3.8) is 0 Å². The molecule has 132 valence electrons. The van der Waals surface area contributed by atoms with E-state index in [2.05, 4.69) is 10.3 Å². The Morgan fingerprint density at radius 2 is 1.77 bits per heavy atom. The summed E-state index contributed by atoms with van der Waals surface area (Å²) in [5, 5.41) is 3.36. The van der Waals surface area contributed by atoms with Gasteiger partial charge in [-0.15, -0.1) is 0 Å². The standard InChI is InChI=1S/C22H23N3O/c1-3-25(16-18-10-5-4-6-11-18)22(26)21-15-19(13-14-23-21)24-20-12-8-7-9-17(20)2/h4-15H,3,16H2,1-2H3,(H,23,24). The van der Waals surface area contributed by atoms with Gasteiger partial charge in [0.15, 0.2) is 0 Å². The summed E-state index contributed by atoms with van der Waals surface area (Å²) in [6.45, 7) is 5.24. The summed E-state index contributed by atoms with van der Waals surface area (Å²) >= 11 is 0. The number of nitrogens with zero attached hydrogens (tertiary/aromatic N) is 2. The van der Waals surface area contributed by atoms with E-state index in [0.29, 0.717) is 18.8 Å². The quantitative estimate of drug-likeness (QED) is 0.698. The van der Waals surface area contributed by atoms with E-state index in [9.17, 15) is 4.79 Å². The van der Waals surface area contributed by atoms with Gasteiger partial charge in [0.25, 0.3) is 5.91 Å². The van der Waals surface area contributed by atoms with Crippen molar-refractivity contribution in [2.45, 2.75) is 20.4 Å². The zero-order chi connectivity index (χ0) is 18.4. The maximum atomic E-state index is 12.9. The highest BCUT2D eigenvalue weighted by atomic mass is 16.2. The van der Waals surface area contributed by atoms with Gasteiger partial charge in [-0.25, -0.2) is 0 Å². The van der Waals surface area contributed by atoms with Crippen LogP contribution < -0.4 is 5.32 Å².